The molecule has 1 saturated heterocycles. The van der Waals surface area contributed by atoms with Crippen molar-refractivity contribution in [3.63, 3.8) is 0 Å². The van der Waals surface area contributed by atoms with Gasteiger partial charge in [-0.15, -0.1) is 0 Å². The number of hydrogen-bond donors (Lipinski definition) is 3. The second-order valence-corrected chi connectivity index (χ2v) is 5.39. The van der Waals surface area contributed by atoms with E-state index < -0.39 is 0 Å². The topological polar surface area (TPSA) is 70.6 Å². The van der Waals surface area contributed by atoms with Gasteiger partial charge in [-0.2, -0.15) is 0 Å². The van der Waals surface area contributed by atoms with E-state index in [9.17, 15) is 9.90 Å². The first-order chi connectivity index (χ1) is 8.70. The lowest BCUT2D eigenvalue weighted by molar-refractivity contribution is -0.125. The van der Waals surface area contributed by atoms with Crippen LogP contribution in [0.15, 0.2) is 0 Å². The van der Waals surface area contributed by atoms with Crippen molar-refractivity contribution in [2.45, 2.75) is 38.3 Å². The zero-order chi connectivity index (χ0) is 13.0. The van der Waals surface area contributed by atoms with E-state index >= 15 is 0 Å². The van der Waals surface area contributed by atoms with Crippen LogP contribution in [-0.2, 0) is 9.53 Å². The number of aliphatic hydroxyl groups is 1. The first-order valence-corrected chi connectivity index (χ1v) is 6.97. The predicted molar refractivity (Wildman–Crippen MR) is 68.1 cm³/mol. The zero-order valence-corrected chi connectivity index (χ0v) is 11.0. The maximum atomic E-state index is 12.1. The summed E-state index contributed by atoms with van der Waals surface area (Å²) in [7, 11) is 0. The molecule has 4 atom stereocenters. The minimum Gasteiger partial charge on any atom is -0.393 e. The fourth-order valence-corrected chi connectivity index (χ4v) is 2.89. The minimum atomic E-state index is -0.170. The Morgan fingerprint density at radius 2 is 2.22 bits per heavy atom. The number of carbonyl (C=O) groups excluding carboxylic acids is 1. The van der Waals surface area contributed by atoms with Gasteiger partial charge in [-0.25, -0.2) is 0 Å². The molecule has 0 aromatic heterocycles. The lowest BCUT2D eigenvalue weighted by Gasteiger charge is -2.19. The third-order valence-corrected chi connectivity index (χ3v) is 3.96. The van der Waals surface area contributed by atoms with Crippen LogP contribution in [0, 0.1) is 11.8 Å². The first-order valence-electron chi connectivity index (χ1n) is 6.97. The molecule has 1 aliphatic heterocycles. The van der Waals surface area contributed by atoms with E-state index in [1.807, 2.05) is 6.92 Å². The number of ether oxygens (including phenoxy) is 1. The first kappa shape index (κ1) is 13.8. The van der Waals surface area contributed by atoms with E-state index in [1.165, 1.54) is 0 Å². The average Bonchev–Trinajstić information content (AvgIpc) is 2.96. The van der Waals surface area contributed by atoms with Gasteiger partial charge in [0.15, 0.2) is 0 Å². The molecule has 18 heavy (non-hydrogen) atoms. The average molecular weight is 256 g/mol. The van der Waals surface area contributed by atoms with Gasteiger partial charge < -0.3 is 20.5 Å². The van der Waals surface area contributed by atoms with Crippen molar-refractivity contribution < 1.29 is 14.6 Å². The summed E-state index contributed by atoms with van der Waals surface area (Å²) in [5, 5.41) is 15.7. The van der Waals surface area contributed by atoms with Crippen LogP contribution in [0.4, 0.5) is 0 Å². The zero-order valence-electron chi connectivity index (χ0n) is 11.0. The highest BCUT2D eigenvalue weighted by Gasteiger charge is 2.33. The van der Waals surface area contributed by atoms with Crippen LogP contribution in [0.1, 0.15) is 26.2 Å². The molecule has 3 N–H and O–H groups in total. The van der Waals surface area contributed by atoms with E-state index in [0.29, 0.717) is 25.7 Å². The fourth-order valence-electron chi connectivity index (χ4n) is 2.89. The van der Waals surface area contributed by atoms with E-state index in [0.717, 1.165) is 25.8 Å². The van der Waals surface area contributed by atoms with Gasteiger partial charge in [-0.3, -0.25) is 4.79 Å². The summed E-state index contributed by atoms with van der Waals surface area (Å²) in [5.74, 6) is 0.444. The molecule has 1 aliphatic carbocycles. The number of carbonyl (C=O) groups is 1. The number of hydrogen-bond acceptors (Lipinski definition) is 4. The van der Waals surface area contributed by atoms with Gasteiger partial charge in [0.2, 0.25) is 5.91 Å². The van der Waals surface area contributed by atoms with E-state index in [1.54, 1.807) is 0 Å². The molecule has 0 radical (unpaired) electrons. The van der Waals surface area contributed by atoms with Gasteiger partial charge in [0.1, 0.15) is 0 Å². The summed E-state index contributed by atoms with van der Waals surface area (Å²) < 4.78 is 5.37. The second kappa shape index (κ2) is 6.50. The Morgan fingerprint density at radius 1 is 1.39 bits per heavy atom. The molecule has 1 amide bonds. The quantitative estimate of drug-likeness (QED) is 0.642. The number of nitrogens with one attached hydrogen (secondary N) is 2. The van der Waals surface area contributed by atoms with Crippen molar-refractivity contribution >= 4 is 5.91 Å². The van der Waals surface area contributed by atoms with Crippen molar-refractivity contribution in [1.82, 2.24) is 10.6 Å². The molecule has 104 valence electrons. The Labute approximate surface area is 108 Å². The van der Waals surface area contributed by atoms with Crippen LogP contribution in [0.25, 0.3) is 0 Å². The molecular weight excluding hydrogens is 232 g/mol. The summed E-state index contributed by atoms with van der Waals surface area (Å²) in [6, 6.07) is 0.143. The Bertz CT molecular complexity index is 285. The number of likely N-dealkylation sites (N-methyl/N-ethyl adjacent to an activating group) is 1. The number of aliphatic hydroxyl groups excluding tert-OH is 1. The normalized spacial score (nSPS) is 35.9. The van der Waals surface area contributed by atoms with Crippen LogP contribution < -0.4 is 10.6 Å². The van der Waals surface area contributed by atoms with Gasteiger partial charge in [-0.05, 0) is 31.7 Å². The van der Waals surface area contributed by atoms with Crippen LogP contribution in [0.2, 0.25) is 0 Å². The van der Waals surface area contributed by atoms with Crippen molar-refractivity contribution in [3.8, 4) is 0 Å². The Kier molecular flexibility index (Phi) is 4.97. The Hall–Kier alpha value is -0.650. The lowest BCUT2D eigenvalue weighted by atomic mass is 10.0. The van der Waals surface area contributed by atoms with Crippen LogP contribution >= 0.6 is 0 Å². The third kappa shape index (κ3) is 3.43. The van der Waals surface area contributed by atoms with Crippen molar-refractivity contribution in [2.75, 3.05) is 26.3 Å². The maximum Gasteiger partial charge on any atom is 0.227 e. The van der Waals surface area contributed by atoms with Crippen LogP contribution in [0.5, 0.6) is 0 Å². The molecule has 2 fully saturated rings. The standard InChI is InChI=1S/C13H24N2O3/c1-2-14-12-8-18-7-11(12)13(17)15-6-9-3-4-10(16)5-9/h9-12,14,16H,2-8H2,1H3,(H,15,17). The summed E-state index contributed by atoms with van der Waals surface area (Å²) in [4.78, 5) is 12.1. The van der Waals surface area contributed by atoms with E-state index in [-0.39, 0.29) is 24.0 Å². The molecule has 2 aliphatic rings. The molecule has 5 heteroatoms. The lowest BCUT2D eigenvalue weighted by Crippen LogP contribution is -2.44. The van der Waals surface area contributed by atoms with Crippen molar-refractivity contribution in [3.05, 3.63) is 0 Å². The molecule has 0 spiro atoms. The highest BCUT2D eigenvalue weighted by molar-refractivity contribution is 5.79. The molecule has 2 rings (SSSR count). The largest absolute Gasteiger partial charge is 0.393 e. The van der Waals surface area contributed by atoms with Crippen LogP contribution in [0.3, 0.4) is 0 Å². The van der Waals surface area contributed by atoms with Gasteiger partial charge in [0.25, 0.3) is 0 Å². The number of amides is 1. The second-order valence-electron chi connectivity index (χ2n) is 5.39. The third-order valence-electron chi connectivity index (χ3n) is 3.96. The Balaban J connectivity index is 1.73. The van der Waals surface area contributed by atoms with Gasteiger partial charge in [0.05, 0.1) is 25.2 Å². The predicted octanol–water partition coefficient (Wildman–Crippen LogP) is -0.112. The minimum absolute atomic E-state index is 0.0729. The molecule has 4 unspecified atom stereocenters. The molecular formula is C13H24N2O3. The summed E-state index contributed by atoms with van der Waals surface area (Å²) in [6.45, 7) is 4.70. The SMILES string of the molecule is CCNC1COCC1C(=O)NCC1CCC(O)C1. The monoisotopic (exact) mass is 256 g/mol. The Morgan fingerprint density at radius 3 is 2.89 bits per heavy atom. The molecule has 1 saturated carbocycles. The van der Waals surface area contributed by atoms with Gasteiger partial charge in [-0.1, -0.05) is 6.92 Å². The highest BCUT2D eigenvalue weighted by atomic mass is 16.5. The van der Waals surface area contributed by atoms with Gasteiger partial charge >= 0.3 is 0 Å². The van der Waals surface area contributed by atoms with Crippen molar-refractivity contribution in [2.24, 2.45) is 11.8 Å². The molecule has 5 nitrogen and oxygen atoms in total. The summed E-state index contributed by atoms with van der Waals surface area (Å²) in [6.07, 6.45) is 2.53. The molecule has 1 heterocycles. The fraction of sp³-hybridized carbons (Fsp3) is 0.923. The van der Waals surface area contributed by atoms with E-state index in [4.69, 9.17) is 4.74 Å². The molecule has 0 bridgehead atoms. The van der Waals surface area contributed by atoms with E-state index in [2.05, 4.69) is 10.6 Å². The molecule has 0 aromatic carbocycles. The summed E-state index contributed by atoms with van der Waals surface area (Å²) in [5.41, 5.74) is 0. The highest BCUT2D eigenvalue weighted by Crippen LogP contribution is 2.24. The summed E-state index contributed by atoms with van der Waals surface area (Å²) >= 11 is 0. The maximum absolute atomic E-state index is 12.1. The molecule has 0 aromatic rings. The van der Waals surface area contributed by atoms with Gasteiger partial charge in [0, 0.05) is 12.6 Å². The van der Waals surface area contributed by atoms with Crippen molar-refractivity contribution in [1.29, 1.82) is 0 Å². The number of rotatable bonds is 5. The van der Waals surface area contributed by atoms with Crippen LogP contribution in [-0.4, -0.2) is 49.5 Å². The smallest absolute Gasteiger partial charge is 0.227 e.